The maximum atomic E-state index is 11.8. The Kier molecular flexibility index (Phi) is 3.23. The van der Waals surface area contributed by atoms with Crippen LogP contribution in [0.25, 0.3) is 0 Å². The minimum atomic E-state index is -0.212. The number of aryl methyl sites for hydroxylation is 2. The highest BCUT2D eigenvalue weighted by Gasteiger charge is 2.15. The topological polar surface area (TPSA) is 70.7 Å². The third-order valence-corrected chi connectivity index (χ3v) is 3.14. The van der Waals surface area contributed by atoms with Crippen molar-refractivity contribution in [2.24, 2.45) is 0 Å². The summed E-state index contributed by atoms with van der Waals surface area (Å²) in [7, 11) is 0. The molecule has 90 valence electrons. The van der Waals surface area contributed by atoms with Crippen molar-refractivity contribution in [3.05, 3.63) is 33.8 Å². The van der Waals surface area contributed by atoms with Gasteiger partial charge in [-0.2, -0.15) is 0 Å². The van der Waals surface area contributed by atoms with E-state index in [-0.39, 0.29) is 11.9 Å². The lowest BCUT2D eigenvalue weighted by atomic mass is 10.2. The largest absolute Gasteiger partial charge is 0.341 e. The number of aromatic amines is 1. The van der Waals surface area contributed by atoms with Crippen LogP contribution < -0.4 is 5.32 Å². The molecule has 0 unspecified atom stereocenters. The Morgan fingerprint density at radius 3 is 2.82 bits per heavy atom. The zero-order chi connectivity index (χ0) is 12.4. The fourth-order valence-electron chi connectivity index (χ4n) is 1.45. The van der Waals surface area contributed by atoms with Crippen molar-refractivity contribution in [2.45, 2.75) is 26.8 Å². The van der Waals surface area contributed by atoms with Crippen molar-refractivity contribution < 1.29 is 4.79 Å². The van der Waals surface area contributed by atoms with Crippen molar-refractivity contribution in [1.29, 1.82) is 0 Å². The highest BCUT2D eigenvalue weighted by atomic mass is 32.1. The number of carbonyl (C=O) groups is 1. The molecule has 5 nitrogen and oxygen atoms in total. The molecule has 17 heavy (non-hydrogen) atoms. The molecular weight excluding hydrogens is 236 g/mol. The second kappa shape index (κ2) is 4.67. The Balaban J connectivity index is 2.04. The zero-order valence-electron chi connectivity index (χ0n) is 9.94. The lowest BCUT2D eigenvalue weighted by Gasteiger charge is -2.09. The average Bonchev–Trinajstić information content (AvgIpc) is 2.87. The molecule has 0 saturated heterocycles. The highest BCUT2D eigenvalue weighted by molar-refractivity contribution is 7.09. The van der Waals surface area contributed by atoms with E-state index in [0.717, 1.165) is 16.4 Å². The molecule has 0 aliphatic heterocycles. The van der Waals surface area contributed by atoms with Gasteiger partial charge < -0.3 is 10.3 Å². The Morgan fingerprint density at radius 2 is 2.29 bits per heavy atom. The molecule has 0 aliphatic carbocycles. The van der Waals surface area contributed by atoms with Crippen LogP contribution in [0.15, 0.2) is 11.6 Å². The number of aromatic nitrogens is 3. The summed E-state index contributed by atoms with van der Waals surface area (Å²) >= 11 is 1.57. The SMILES string of the molecule is Cc1cnc(C(=O)N[C@@H](C)c2csc(C)n2)[nH]1. The molecule has 0 fully saturated rings. The van der Waals surface area contributed by atoms with Gasteiger partial charge in [0.15, 0.2) is 5.82 Å². The summed E-state index contributed by atoms with van der Waals surface area (Å²) in [6.07, 6.45) is 1.63. The number of rotatable bonds is 3. The molecule has 0 bridgehead atoms. The van der Waals surface area contributed by atoms with E-state index >= 15 is 0 Å². The van der Waals surface area contributed by atoms with E-state index < -0.39 is 0 Å². The van der Waals surface area contributed by atoms with Gasteiger partial charge in [0, 0.05) is 17.3 Å². The van der Waals surface area contributed by atoms with Crippen molar-refractivity contribution in [3.63, 3.8) is 0 Å². The fraction of sp³-hybridized carbons (Fsp3) is 0.364. The molecule has 0 spiro atoms. The first-order chi connectivity index (χ1) is 8.06. The Labute approximate surface area is 103 Å². The third-order valence-electron chi connectivity index (χ3n) is 2.35. The van der Waals surface area contributed by atoms with Crippen LogP contribution in [0.2, 0.25) is 0 Å². The number of H-pyrrole nitrogens is 1. The quantitative estimate of drug-likeness (QED) is 0.875. The number of thiazole rings is 1. The van der Waals surface area contributed by atoms with Gasteiger partial charge in [-0.05, 0) is 20.8 Å². The molecule has 2 rings (SSSR count). The number of carbonyl (C=O) groups excluding carboxylic acids is 1. The standard InChI is InChI=1S/C11H14N4OS/c1-6-4-12-10(13-6)11(16)14-7(2)9-5-17-8(3)15-9/h4-5,7H,1-3H3,(H,12,13)(H,14,16)/t7-/m0/s1. The van der Waals surface area contributed by atoms with Gasteiger partial charge in [-0.25, -0.2) is 9.97 Å². The van der Waals surface area contributed by atoms with Crippen LogP contribution in [0.5, 0.6) is 0 Å². The Bertz CT molecular complexity index is 531. The maximum absolute atomic E-state index is 11.8. The number of amides is 1. The molecule has 0 radical (unpaired) electrons. The van der Waals surface area contributed by atoms with Gasteiger partial charge in [-0.15, -0.1) is 11.3 Å². The lowest BCUT2D eigenvalue weighted by Crippen LogP contribution is -2.27. The second-order valence-corrected chi connectivity index (χ2v) is 4.96. The number of nitrogens with zero attached hydrogens (tertiary/aromatic N) is 2. The van der Waals surface area contributed by atoms with Crippen LogP contribution in [-0.4, -0.2) is 20.9 Å². The van der Waals surface area contributed by atoms with Crippen molar-refractivity contribution >= 4 is 17.2 Å². The van der Waals surface area contributed by atoms with Gasteiger partial charge in [0.2, 0.25) is 0 Å². The third kappa shape index (κ3) is 2.71. The van der Waals surface area contributed by atoms with Crippen LogP contribution in [-0.2, 0) is 0 Å². The summed E-state index contributed by atoms with van der Waals surface area (Å²) in [6, 6.07) is -0.113. The number of hydrogen-bond acceptors (Lipinski definition) is 4. The molecule has 0 saturated carbocycles. The molecular formula is C11H14N4OS. The molecule has 1 amide bonds. The first-order valence-corrected chi connectivity index (χ1v) is 6.18. The Morgan fingerprint density at radius 1 is 1.53 bits per heavy atom. The van der Waals surface area contributed by atoms with Crippen molar-refractivity contribution in [1.82, 2.24) is 20.3 Å². The number of hydrogen-bond donors (Lipinski definition) is 2. The summed E-state index contributed by atoms with van der Waals surface area (Å²) in [6.45, 7) is 5.71. The van der Waals surface area contributed by atoms with Crippen LogP contribution in [0.3, 0.4) is 0 Å². The van der Waals surface area contributed by atoms with Crippen LogP contribution >= 0.6 is 11.3 Å². The van der Waals surface area contributed by atoms with Crippen molar-refractivity contribution in [3.8, 4) is 0 Å². The number of nitrogens with one attached hydrogen (secondary N) is 2. The highest BCUT2D eigenvalue weighted by Crippen LogP contribution is 2.15. The molecule has 1 atom stereocenters. The first-order valence-electron chi connectivity index (χ1n) is 5.31. The van der Waals surface area contributed by atoms with E-state index in [1.165, 1.54) is 0 Å². The van der Waals surface area contributed by atoms with Gasteiger partial charge in [-0.1, -0.05) is 0 Å². The zero-order valence-corrected chi connectivity index (χ0v) is 10.8. The van der Waals surface area contributed by atoms with E-state index in [1.807, 2.05) is 26.2 Å². The van der Waals surface area contributed by atoms with Crippen molar-refractivity contribution in [2.75, 3.05) is 0 Å². The Hall–Kier alpha value is -1.69. The van der Waals surface area contributed by atoms with Crippen LogP contribution in [0.4, 0.5) is 0 Å². The first kappa shape index (κ1) is 11.8. The summed E-state index contributed by atoms with van der Waals surface area (Å²) in [5, 5.41) is 5.80. The number of imidazole rings is 1. The van der Waals surface area contributed by atoms with E-state index in [4.69, 9.17) is 0 Å². The molecule has 2 aromatic heterocycles. The minimum absolute atomic E-state index is 0.113. The summed E-state index contributed by atoms with van der Waals surface area (Å²) < 4.78 is 0. The van der Waals surface area contributed by atoms with E-state index in [1.54, 1.807) is 17.5 Å². The lowest BCUT2D eigenvalue weighted by molar-refractivity contribution is 0.0929. The van der Waals surface area contributed by atoms with E-state index in [0.29, 0.717) is 5.82 Å². The predicted molar refractivity (Wildman–Crippen MR) is 66.1 cm³/mol. The molecule has 2 aromatic rings. The molecule has 0 aliphatic rings. The van der Waals surface area contributed by atoms with E-state index in [2.05, 4.69) is 20.3 Å². The molecule has 0 aromatic carbocycles. The van der Waals surface area contributed by atoms with Gasteiger partial charge in [-0.3, -0.25) is 4.79 Å². The average molecular weight is 250 g/mol. The van der Waals surface area contributed by atoms with Crippen LogP contribution in [0, 0.1) is 13.8 Å². The predicted octanol–water partition coefficient (Wildman–Crippen LogP) is 1.97. The van der Waals surface area contributed by atoms with Gasteiger partial charge in [0.05, 0.1) is 16.7 Å². The van der Waals surface area contributed by atoms with E-state index in [9.17, 15) is 4.79 Å². The minimum Gasteiger partial charge on any atom is -0.341 e. The smallest absolute Gasteiger partial charge is 0.287 e. The fourth-order valence-corrected chi connectivity index (χ4v) is 2.15. The van der Waals surface area contributed by atoms with Crippen LogP contribution in [0.1, 0.15) is 40.0 Å². The molecule has 2 N–H and O–H groups in total. The molecule has 6 heteroatoms. The summed E-state index contributed by atoms with van der Waals surface area (Å²) in [4.78, 5) is 23.0. The monoisotopic (exact) mass is 250 g/mol. The molecule has 2 heterocycles. The van der Waals surface area contributed by atoms with Gasteiger partial charge in [0.1, 0.15) is 0 Å². The maximum Gasteiger partial charge on any atom is 0.287 e. The summed E-state index contributed by atoms with van der Waals surface area (Å²) in [5.74, 6) is 0.123. The second-order valence-electron chi connectivity index (χ2n) is 3.90. The normalized spacial score (nSPS) is 12.4. The van der Waals surface area contributed by atoms with Gasteiger partial charge in [0.25, 0.3) is 5.91 Å². The van der Waals surface area contributed by atoms with Gasteiger partial charge >= 0.3 is 0 Å². The summed E-state index contributed by atoms with van der Waals surface area (Å²) in [5.41, 5.74) is 1.75.